The Balaban J connectivity index is 2.59. The highest BCUT2D eigenvalue weighted by atomic mass is 35.5. The van der Waals surface area contributed by atoms with Gasteiger partial charge in [-0.05, 0) is 18.2 Å². The summed E-state index contributed by atoms with van der Waals surface area (Å²) < 4.78 is 18.0. The van der Waals surface area contributed by atoms with Gasteiger partial charge in [-0.2, -0.15) is 0 Å². The lowest BCUT2D eigenvalue weighted by Crippen LogP contribution is -1.88. The fourth-order valence-electron chi connectivity index (χ4n) is 1.21. The van der Waals surface area contributed by atoms with Crippen LogP contribution in [-0.2, 0) is 0 Å². The van der Waals surface area contributed by atoms with Crippen molar-refractivity contribution in [1.82, 2.24) is 5.16 Å². The molecule has 76 valence electrons. The molecule has 1 heterocycles. The second-order valence-corrected chi connectivity index (χ2v) is 3.30. The predicted molar refractivity (Wildman–Crippen MR) is 52.3 cm³/mol. The topological polar surface area (TPSA) is 43.1 Å². The van der Waals surface area contributed by atoms with Crippen molar-refractivity contribution in [2.75, 3.05) is 0 Å². The van der Waals surface area contributed by atoms with Crippen LogP contribution in [0, 0.1) is 5.82 Å². The summed E-state index contributed by atoms with van der Waals surface area (Å²) in [6.45, 7) is 0. The molecule has 0 unspecified atom stereocenters. The van der Waals surface area contributed by atoms with Crippen LogP contribution in [0.4, 0.5) is 4.39 Å². The molecule has 2 aromatic rings. The molecular formula is C10H5ClFNO2. The summed E-state index contributed by atoms with van der Waals surface area (Å²) in [5.74, 6) is -0.542. The van der Waals surface area contributed by atoms with Crippen molar-refractivity contribution in [3.8, 4) is 11.3 Å². The van der Waals surface area contributed by atoms with E-state index in [9.17, 15) is 9.18 Å². The molecule has 5 heteroatoms. The number of hydrogen-bond donors (Lipinski definition) is 0. The molecule has 1 aromatic heterocycles. The van der Waals surface area contributed by atoms with Crippen molar-refractivity contribution in [2.24, 2.45) is 0 Å². The van der Waals surface area contributed by atoms with E-state index in [1.165, 1.54) is 12.1 Å². The van der Waals surface area contributed by atoms with Crippen molar-refractivity contribution in [3.05, 3.63) is 40.9 Å². The van der Waals surface area contributed by atoms with Gasteiger partial charge in [0.05, 0.1) is 5.56 Å². The molecule has 0 aliphatic heterocycles. The highest BCUT2D eigenvalue weighted by molar-refractivity contribution is 6.30. The number of rotatable bonds is 2. The fraction of sp³-hybridized carbons (Fsp3) is 0. The molecule has 0 N–H and O–H groups in total. The van der Waals surface area contributed by atoms with Crippen LogP contribution < -0.4 is 0 Å². The van der Waals surface area contributed by atoms with Gasteiger partial charge in [0.2, 0.25) is 0 Å². The Morgan fingerprint density at radius 1 is 1.47 bits per heavy atom. The van der Waals surface area contributed by atoms with Gasteiger partial charge in [0.25, 0.3) is 0 Å². The molecule has 0 saturated carbocycles. The van der Waals surface area contributed by atoms with Gasteiger partial charge in [0.15, 0.2) is 6.29 Å². The summed E-state index contributed by atoms with van der Waals surface area (Å²) in [7, 11) is 0. The maximum atomic E-state index is 13.4. The highest BCUT2D eigenvalue weighted by Gasteiger charge is 2.13. The minimum atomic E-state index is -0.542. The maximum absolute atomic E-state index is 13.4. The maximum Gasteiger partial charge on any atom is 0.155 e. The number of aromatic nitrogens is 1. The van der Waals surface area contributed by atoms with Crippen LogP contribution in [0.15, 0.2) is 29.0 Å². The molecule has 15 heavy (non-hydrogen) atoms. The minimum absolute atomic E-state index is 0.180. The minimum Gasteiger partial charge on any atom is -0.363 e. The molecule has 0 aliphatic carbocycles. The van der Waals surface area contributed by atoms with Gasteiger partial charge in [-0.1, -0.05) is 16.8 Å². The predicted octanol–water partition coefficient (Wildman–Crippen LogP) is 2.95. The van der Waals surface area contributed by atoms with Gasteiger partial charge < -0.3 is 4.52 Å². The first-order valence-electron chi connectivity index (χ1n) is 4.07. The molecule has 0 bridgehead atoms. The number of carbonyl (C=O) groups excluding carboxylic acids is 1. The van der Waals surface area contributed by atoms with E-state index in [-0.39, 0.29) is 21.8 Å². The number of benzene rings is 1. The average Bonchev–Trinajstić information content (AvgIpc) is 2.65. The second kappa shape index (κ2) is 3.82. The van der Waals surface area contributed by atoms with Crippen LogP contribution in [-0.4, -0.2) is 11.4 Å². The summed E-state index contributed by atoms with van der Waals surface area (Å²) in [5, 5.41) is 3.84. The Bertz CT molecular complexity index is 510. The van der Waals surface area contributed by atoms with Gasteiger partial charge in [0.1, 0.15) is 17.8 Å². The lowest BCUT2D eigenvalue weighted by Gasteiger charge is -1.99. The molecule has 0 spiro atoms. The van der Waals surface area contributed by atoms with Gasteiger partial charge in [-0.25, -0.2) is 4.39 Å². The van der Waals surface area contributed by atoms with E-state index in [4.69, 9.17) is 11.6 Å². The fourth-order valence-corrected chi connectivity index (χ4v) is 1.37. The third-order valence-corrected chi connectivity index (χ3v) is 2.15. The zero-order valence-electron chi connectivity index (χ0n) is 7.41. The van der Waals surface area contributed by atoms with E-state index < -0.39 is 5.82 Å². The molecule has 0 amide bonds. The molecule has 0 saturated heterocycles. The standard InChI is InChI=1S/C10H5ClFNO2/c11-7-1-2-8(9(12)3-7)10-6(4-14)5-15-13-10/h1-5H. The molecule has 1 aromatic carbocycles. The van der Waals surface area contributed by atoms with Crippen LogP contribution >= 0.6 is 11.6 Å². The zero-order chi connectivity index (χ0) is 10.8. The quantitative estimate of drug-likeness (QED) is 0.738. The van der Waals surface area contributed by atoms with Crippen molar-refractivity contribution in [3.63, 3.8) is 0 Å². The van der Waals surface area contributed by atoms with Crippen LogP contribution in [0.5, 0.6) is 0 Å². The third-order valence-electron chi connectivity index (χ3n) is 1.91. The zero-order valence-corrected chi connectivity index (χ0v) is 8.16. The van der Waals surface area contributed by atoms with E-state index in [1.54, 1.807) is 0 Å². The number of halogens is 2. The first-order valence-corrected chi connectivity index (χ1v) is 4.45. The summed E-state index contributed by atoms with van der Waals surface area (Å²) in [5.41, 5.74) is 0.575. The summed E-state index contributed by atoms with van der Waals surface area (Å²) >= 11 is 5.60. The number of hydrogen-bond acceptors (Lipinski definition) is 3. The third kappa shape index (κ3) is 1.76. The average molecular weight is 226 g/mol. The van der Waals surface area contributed by atoms with Crippen molar-refractivity contribution < 1.29 is 13.7 Å². The lowest BCUT2D eigenvalue weighted by molar-refractivity contribution is 0.112. The van der Waals surface area contributed by atoms with Gasteiger partial charge in [-0.3, -0.25) is 4.79 Å². The van der Waals surface area contributed by atoms with Crippen molar-refractivity contribution in [1.29, 1.82) is 0 Å². The Kier molecular flexibility index (Phi) is 2.51. The lowest BCUT2D eigenvalue weighted by atomic mass is 10.1. The molecule has 0 aliphatic rings. The number of aldehydes is 1. The van der Waals surface area contributed by atoms with Gasteiger partial charge >= 0.3 is 0 Å². The van der Waals surface area contributed by atoms with E-state index in [1.807, 2.05) is 0 Å². The summed E-state index contributed by atoms with van der Waals surface area (Å²) in [4.78, 5) is 10.6. The molecule has 0 fully saturated rings. The van der Waals surface area contributed by atoms with E-state index in [2.05, 4.69) is 9.68 Å². The van der Waals surface area contributed by atoms with Crippen molar-refractivity contribution in [2.45, 2.75) is 0 Å². The van der Waals surface area contributed by atoms with Crippen LogP contribution in [0.3, 0.4) is 0 Å². The molecular weight excluding hydrogens is 221 g/mol. The Morgan fingerprint density at radius 3 is 2.93 bits per heavy atom. The van der Waals surface area contributed by atoms with Gasteiger partial charge in [0, 0.05) is 10.6 Å². The first-order chi connectivity index (χ1) is 7.22. The monoisotopic (exact) mass is 225 g/mol. The van der Waals surface area contributed by atoms with E-state index >= 15 is 0 Å². The van der Waals surface area contributed by atoms with Crippen LogP contribution in [0.25, 0.3) is 11.3 Å². The van der Waals surface area contributed by atoms with Crippen LogP contribution in [0.2, 0.25) is 5.02 Å². The highest BCUT2D eigenvalue weighted by Crippen LogP contribution is 2.26. The Hall–Kier alpha value is -1.68. The number of carbonyl (C=O) groups is 1. The molecule has 3 nitrogen and oxygen atoms in total. The van der Waals surface area contributed by atoms with E-state index in [0.717, 1.165) is 12.3 Å². The normalized spacial score (nSPS) is 10.3. The largest absolute Gasteiger partial charge is 0.363 e. The Morgan fingerprint density at radius 2 is 2.27 bits per heavy atom. The molecule has 0 radical (unpaired) electrons. The van der Waals surface area contributed by atoms with Crippen LogP contribution in [0.1, 0.15) is 10.4 Å². The molecule has 2 rings (SSSR count). The van der Waals surface area contributed by atoms with Gasteiger partial charge in [-0.15, -0.1) is 0 Å². The Labute approximate surface area is 89.4 Å². The first kappa shape index (κ1) is 9.86. The molecule has 0 atom stereocenters. The summed E-state index contributed by atoms with van der Waals surface area (Å²) in [6, 6.07) is 4.12. The summed E-state index contributed by atoms with van der Waals surface area (Å²) in [6.07, 6.45) is 1.72. The van der Waals surface area contributed by atoms with Crippen molar-refractivity contribution >= 4 is 17.9 Å². The number of nitrogens with zero attached hydrogens (tertiary/aromatic N) is 1. The smallest absolute Gasteiger partial charge is 0.155 e. The second-order valence-electron chi connectivity index (χ2n) is 2.86. The van der Waals surface area contributed by atoms with E-state index in [0.29, 0.717) is 6.29 Å². The SMILES string of the molecule is O=Cc1conc1-c1ccc(Cl)cc1F.